The number of benzene rings is 1. The van der Waals surface area contributed by atoms with Crippen LogP contribution >= 0.6 is 0 Å². The summed E-state index contributed by atoms with van der Waals surface area (Å²) in [5.74, 6) is 7.03. The van der Waals surface area contributed by atoms with Crippen LogP contribution in [0.15, 0.2) is 35.4 Å². The summed E-state index contributed by atoms with van der Waals surface area (Å²) >= 11 is 0. The highest BCUT2D eigenvalue weighted by atomic mass is 16.7. The number of hydrogen-bond acceptors (Lipinski definition) is 4. The molecule has 1 saturated heterocycles. The van der Waals surface area contributed by atoms with Crippen LogP contribution in [0.2, 0.25) is 0 Å². The van der Waals surface area contributed by atoms with Gasteiger partial charge in [-0.3, -0.25) is 4.79 Å². The normalized spacial score (nSPS) is 38.4. The molecule has 1 aromatic rings. The van der Waals surface area contributed by atoms with E-state index in [-0.39, 0.29) is 16.9 Å². The van der Waals surface area contributed by atoms with Gasteiger partial charge in [0, 0.05) is 29.7 Å². The van der Waals surface area contributed by atoms with Crippen molar-refractivity contribution in [3.05, 3.63) is 46.5 Å². The third-order valence-corrected chi connectivity index (χ3v) is 10.3. The summed E-state index contributed by atoms with van der Waals surface area (Å²) in [4.78, 5) is 10.7. The third kappa shape index (κ3) is 3.99. The molecular formula is C32H40O4. The van der Waals surface area contributed by atoms with Crippen LogP contribution in [0.1, 0.15) is 89.2 Å². The quantitative estimate of drug-likeness (QED) is 0.309. The van der Waals surface area contributed by atoms with E-state index in [0.717, 1.165) is 57.3 Å². The zero-order valence-corrected chi connectivity index (χ0v) is 22.0. The molecule has 1 heterocycles. The van der Waals surface area contributed by atoms with Gasteiger partial charge < -0.3 is 14.6 Å². The minimum absolute atomic E-state index is 0.0285. The maximum atomic E-state index is 11.1. The summed E-state index contributed by atoms with van der Waals surface area (Å²) in [6, 6.07) is 8.51. The minimum Gasteiger partial charge on any atom is -0.393 e. The lowest BCUT2D eigenvalue weighted by Crippen LogP contribution is -2.52. The Balaban J connectivity index is 1.37. The number of fused-ring (bicyclic) bond motifs is 4. The van der Waals surface area contributed by atoms with Gasteiger partial charge in [0.2, 0.25) is 0 Å². The van der Waals surface area contributed by atoms with Crippen molar-refractivity contribution in [1.82, 2.24) is 0 Å². The average molecular weight is 489 g/mol. The lowest BCUT2D eigenvalue weighted by molar-refractivity contribution is -0.312. The summed E-state index contributed by atoms with van der Waals surface area (Å²) in [6.45, 7) is 8.33. The van der Waals surface area contributed by atoms with Crippen molar-refractivity contribution in [3.8, 4) is 11.8 Å². The molecule has 0 amide bonds. The van der Waals surface area contributed by atoms with Crippen LogP contribution in [0.5, 0.6) is 0 Å². The topological polar surface area (TPSA) is 55.8 Å². The molecule has 1 aromatic carbocycles. The maximum absolute atomic E-state index is 11.1. The predicted molar refractivity (Wildman–Crippen MR) is 139 cm³/mol. The molecule has 1 aliphatic heterocycles. The molecule has 4 fully saturated rings. The number of aliphatic hydroxyl groups is 1. The summed E-state index contributed by atoms with van der Waals surface area (Å²) in [5, 5.41) is 11.1. The number of aliphatic hydroxyl groups excluding tert-OH is 1. The zero-order chi connectivity index (χ0) is 25.1. The second kappa shape index (κ2) is 8.83. The fraction of sp³-hybridized carbons (Fsp3) is 0.656. The van der Waals surface area contributed by atoms with Gasteiger partial charge in [0.1, 0.15) is 0 Å². The molecule has 1 N–H and O–H groups in total. The van der Waals surface area contributed by atoms with E-state index in [1.165, 1.54) is 18.4 Å². The summed E-state index contributed by atoms with van der Waals surface area (Å²) in [6.07, 6.45) is 8.90. The number of hydrogen-bond donors (Lipinski definition) is 1. The number of allylic oxidation sites excluding steroid dienone is 2. The first-order valence-electron chi connectivity index (χ1n) is 14.0. The lowest BCUT2D eigenvalue weighted by Gasteiger charge is -2.55. The zero-order valence-electron chi connectivity index (χ0n) is 22.0. The average Bonchev–Trinajstić information content (AvgIpc) is 3.18. The van der Waals surface area contributed by atoms with E-state index in [9.17, 15) is 9.90 Å². The minimum atomic E-state index is -0.405. The fourth-order valence-electron chi connectivity index (χ4n) is 8.41. The molecule has 4 nitrogen and oxygen atoms in total. The predicted octanol–water partition coefficient (Wildman–Crippen LogP) is 5.78. The van der Waals surface area contributed by atoms with Crippen LogP contribution in [0.25, 0.3) is 0 Å². The van der Waals surface area contributed by atoms with Crippen LogP contribution in [-0.4, -0.2) is 36.5 Å². The smallest absolute Gasteiger partial charge is 0.193 e. The Morgan fingerprint density at radius 1 is 1.00 bits per heavy atom. The first-order chi connectivity index (χ1) is 17.2. The van der Waals surface area contributed by atoms with Gasteiger partial charge in [-0.25, -0.2) is 0 Å². The van der Waals surface area contributed by atoms with Gasteiger partial charge in [-0.15, -0.1) is 0 Å². The van der Waals surface area contributed by atoms with Crippen molar-refractivity contribution < 1.29 is 19.4 Å². The van der Waals surface area contributed by atoms with Crippen molar-refractivity contribution in [1.29, 1.82) is 0 Å². The fourth-order valence-corrected chi connectivity index (χ4v) is 8.41. The molecule has 0 aromatic heterocycles. The van der Waals surface area contributed by atoms with Gasteiger partial charge in [0.15, 0.2) is 12.1 Å². The SMILES string of the molecule is CC1(C)COC2(CCC3=C4C(c5ccc(C#CC=O)cc5)C[C@@]5(C)C(CC[C@@H]5O)C4CCC3C2)OC1. The molecule has 3 saturated carbocycles. The lowest BCUT2D eigenvalue weighted by atomic mass is 9.52. The van der Waals surface area contributed by atoms with Gasteiger partial charge in [-0.05, 0) is 85.3 Å². The van der Waals surface area contributed by atoms with Crippen molar-refractivity contribution in [2.75, 3.05) is 13.2 Å². The molecule has 5 aliphatic rings. The van der Waals surface area contributed by atoms with E-state index in [4.69, 9.17) is 9.47 Å². The number of carbonyl (C=O) groups excluding carboxylic acids is 1. The number of rotatable bonds is 1. The first kappa shape index (κ1) is 24.4. The highest BCUT2D eigenvalue weighted by Crippen LogP contribution is 2.64. The molecule has 36 heavy (non-hydrogen) atoms. The van der Waals surface area contributed by atoms with Crippen LogP contribution in [0.4, 0.5) is 0 Å². The molecule has 6 rings (SSSR count). The largest absolute Gasteiger partial charge is 0.393 e. The van der Waals surface area contributed by atoms with Crippen molar-refractivity contribution in [2.24, 2.45) is 28.6 Å². The van der Waals surface area contributed by atoms with Crippen LogP contribution in [0, 0.1) is 40.4 Å². The van der Waals surface area contributed by atoms with Gasteiger partial charge >= 0.3 is 0 Å². The van der Waals surface area contributed by atoms with E-state index in [0.29, 0.717) is 30.0 Å². The van der Waals surface area contributed by atoms with E-state index < -0.39 is 5.79 Å². The Labute approximate surface area is 215 Å². The van der Waals surface area contributed by atoms with Gasteiger partial charge in [0.05, 0.1) is 19.3 Å². The maximum Gasteiger partial charge on any atom is 0.193 e. The molecule has 4 aliphatic carbocycles. The molecular weight excluding hydrogens is 448 g/mol. The number of carbonyl (C=O) groups is 1. The Hall–Kier alpha value is -1.93. The van der Waals surface area contributed by atoms with Gasteiger partial charge in [0.25, 0.3) is 0 Å². The van der Waals surface area contributed by atoms with E-state index in [1.54, 1.807) is 11.1 Å². The Bertz CT molecular complexity index is 1110. The highest BCUT2D eigenvalue weighted by molar-refractivity contribution is 5.73. The van der Waals surface area contributed by atoms with Crippen molar-refractivity contribution >= 4 is 6.29 Å². The van der Waals surface area contributed by atoms with Crippen LogP contribution < -0.4 is 0 Å². The molecule has 6 atom stereocenters. The number of aldehydes is 1. The van der Waals surface area contributed by atoms with Gasteiger partial charge in [-0.2, -0.15) is 0 Å². The molecule has 0 bridgehead atoms. The molecule has 1 spiro atoms. The number of ether oxygens (including phenoxy) is 2. The second-order valence-corrected chi connectivity index (χ2v) is 13.2. The standard InChI is InChI=1S/C32H40O4/c1-30(2)19-35-32(36-20-30)15-14-24-23(17-32)10-11-25-27-12-13-28(34)31(27,3)18-26(29(24)25)22-8-6-21(7-9-22)5-4-16-33/h6-9,16,23,25-28,34H,10-15,17-20H2,1-3H3/t23?,25?,26?,27?,28-,31-/m0/s1. The first-order valence-corrected chi connectivity index (χ1v) is 14.0. The Kier molecular flexibility index (Phi) is 5.99. The Morgan fingerprint density at radius 3 is 2.47 bits per heavy atom. The van der Waals surface area contributed by atoms with E-state index in [2.05, 4.69) is 44.7 Å². The highest BCUT2D eigenvalue weighted by Gasteiger charge is 2.57. The monoisotopic (exact) mass is 488 g/mol. The summed E-state index contributed by atoms with van der Waals surface area (Å²) in [5.41, 5.74) is 5.61. The summed E-state index contributed by atoms with van der Waals surface area (Å²) in [7, 11) is 0. The van der Waals surface area contributed by atoms with Crippen molar-refractivity contribution in [2.45, 2.75) is 89.9 Å². The van der Waals surface area contributed by atoms with Crippen molar-refractivity contribution in [3.63, 3.8) is 0 Å². The summed E-state index contributed by atoms with van der Waals surface area (Å²) < 4.78 is 12.9. The molecule has 0 radical (unpaired) electrons. The van der Waals surface area contributed by atoms with Gasteiger partial charge in [-0.1, -0.05) is 50.0 Å². The third-order valence-electron chi connectivity index (χ3n) is 10.3. The Morgan fingerprint density at radius 2 is 1.75 bits per heavy atom. The molecule has 4 unspecified atom stereocenters. The van der Waals surface area contributed by atoms with E-state index >= 15 is 0 Å². The molecule has 4 heteroatoms. The van der Waals surface area contributed by atoms with Crippen LogP contribution in [-0.2, 0) is 14.3 Å². The second-order valence-electron chi connectivity index (χ2n) is 13.2. The van der Waals surface area contributed by atoms with Crippen LogP contribution in [0.3, 0.4) is 0 Å². The van der Waals surface area contributed by atoms with E-state index in [1.807, 2.05) is 12.1 Å². The molecule has 192 valence electrons.